The average molecular weight is 480 g/mol. The summed E-state index contributed by atoms with van der Waals surface area (Å²) in [7, 11) is 1.63. The van der Waals surface area contributed by atoms with Crippen LogP contribution in [0.1, 0.15) is 34.4 Å². The predicted molar refractivity (Wildman–Crippen MR) is 129 cm³/mol. The van der Waals surface area contributed by atoms with Crippen LogP contribution < -0.4 is 4.74 Å². The van der Waals surface area contributed by atoms with E-state index >= 15 is 0 Å². The molecule has 0 aliphatic carbocycles. The maximum absolute atomic E-state index is 13.8. The highest BCUT2D eigenvalue weighted by molar-refractivity contribution is 5.91. The zero-order valence-electron chi connectivity index (χ0n) is 20.1. The lowest BCUT2D eigenvalue weighted by Crippen LogP contribution is -2.50. The van der Waals surface area contributed by atoms with E-state index in [1.165, 1.54) is 19.1 Å². The summed E-state index contributed by atoms with van der Waals surface area (Å²) in [5.41, 5.74) is 1.89. The number of benzene rings is 2. The van der Waals surface area contributed by atoms with Crippen molar-refractivity contribution >= 4 is 11.8 Å². The van der Waals surface area contributed by atoms with E-state index in [0.29, 0.717) is 51.6 Å². The van der Waals surface area contributed by atoms with Gasteiger partial charge in [-0.15, -0.1) is 0 Å². The first-order valence-corrected chi connectivity index (χ1v) is 11.6. The third kappa shape index (κ3) is 6.48. The van der Waals surface area contributed by atoms with Crippen molar-refractivity contribution in [2.75, 3.05) is 33.3 Å². The molecule has 0 atom stereocenters. The van der Waals surface area contributed by atoms with Crippen LogP contribution in [-0.2, 0) is 24.4 Å². The van der Waals surface area contributed by atoms with Crippen LogP contribution in [0, 0.1) is 5.82 Å². The maximum atomic E-state index is 13.8. The lowest BCUT2D eigenvalue weighted by atomic mass is 10.1. The van der Waals surface area contributed by atoms with E-state index in [9.17, 15) is 14.0 Å². The molecule has 1 aromatic heterocycles. The normalized spacial score (nSPS) is 13.8. The number of rotatable bonds is 8. The van der Waals surface area contributed by atoms with Crippen LogP contribution in [0.5, 0.6) is 5.75 Å². The maximum Gasteiger partial charge on any atom is 0.289 e. The minimum absolute atomic E-state index is 0.0202. The van der Waals surface area contributed by atoms with Crippen molar-refractivity contribution in [1.29, 1.82) is 0 Å². The number of hydrogen-bond donors (Lipinski definition) is 0. The fourth-order valence-corrected chi connectivity index (χ4v) is 4.27. The number of nitrogens with zero attached hydrogens (tertiary/aromatic N) is 3. The smallest absolute Gasteiger partial charge is 0.289 e. The summed E-state index contributed by atoms with van der Waals surface area (Å²) >= 11 is 0. The molecule has 7 nitrogen and oxygen atoms in total. The average Bonchev–Trinajstić information content (AvgIpc) is 3.32. The third-order valence-electron chi connectivity index (χ3n) is 6.10. The van der Waals surface area contributed by atoms with Crippen LogP contribution in [0.2, 0.25) is 0 Å². The molecule has 3 aromatic rings. The van der Waals surface area contributed by atoms with E-state index < -0.39 is 0 Å². The van der Waals surface area contributed by atoms with Crippen molar-refractivity contribution in [3.63, 3.8) is 0 Å². The van der Waals surface area contributed by atoms with Crippen molar-refractivity contribution in [2.24, 2.45) is 0 Å². The molecular formula is C27H30FN3O4. The molecule has 35 heavy (non-hydrogen) atoms. The zero-order valence-corrected chi connectivity index (χ0v) is 20.1. The van der Waals surface area contributed by atoms with E-state index in [0.717, 1.165) is 16.9 Å². The van der Waals surface area contributed by atoms with Gasteiger partial charge in [-0.1, -0.05) is 24.3 Å². The first-order chi connectivity index (χ1) is 16.9. The Labute approximate surface area is 204 Å². The summed E-state index contributed by atoms with van der Waals surface area (Å²) in [6.07, 6.45) is 0. The van der Waals surface area contributed by atoms with Crippen LogP contribution in [0.4, 0.5) is 4.39 Å². The topological polar surface area (TPSA) is 66.2 Å². The Morgan fingerprint density at radius 3 is 2.23 bits per heavy atom. The SMILES string of the molecule is COc1cccc(CN(Cc2cccc(F)c2)Cc2ccc(C(=O)N3CCN(C(C)=O)CC3)o2)c1. The van der Waals surface area contributed by atoms with Crippen LogP contribution in [0.15, 0.2) is 65.1 Å². The molecule has 1 saturated heterocycles. The van der Waals surface area contributed by atoms with Gasteiger partial charge in [0, 0.05) is 46.2 Å². The molecule has 0 unspecified atom stereocenters. The molecule has 2 heterocycles. The Kier molecular flexibility index (Phi) is 7.82. The molecule has 1 aliphatic rings. The Bertz CT molecular complexity index is 1170. The molecular weight excluding hydrogens is 449 g/mol. The van der Waals surface area contributed by atoms with Gasteiger partial charge in [-0.25, -0.2) is 4.39 Å². The minimum Gasteiger partial charge on any atom is -0.497 e. The van der Waals surface area contributed by atoms with Gasteiger partial charge in [0.25, 0.3) is 5.91 Å². The first kappa shape index (κ1) is 24.5. The fourth-order valence-electron chi connectivity index (χ4n) is 4.27. The Hall–Kier alpha value is -3.65. The number of methoxy groups -OCH3 is 1. The van der Waals surface area contributed by atoms with Gasteiger partial charge in [-0.3, -0.25) is 14.5 Å². The molecule has 1 fully saturated rings. The molecule has 0 saturated carbocycles. The summed E-state index contributed by atoms with van der Waals surface area (Å²) in [6.45, 7) is 5.09. The Morgan fingerprint density at radius 1 is 0.914 bits per heavy atom. The van der Waals surface area contributed by atoms with E-state index in [4.69, 9.17) is 9.15 Å². The van der Waals surface area contributed by atoms with Crippen LogP contribution in [0.3, 0.4) is 0 Å². The molecule has 4 rings (SSSR count). The Balaban J connectivity index is 1.46. The highest BCUT2D eigenvalue weighted by Crippen LogP contribution is 2.20. The largest absolute Gasteiger partial charge is 0.497 e. The fraction of sp³-hybridized carbons (Fsp3) is 0.333. The highest BCUT2D eigenvalue weighted by Gasteiger charge is 2.25. The lowest BCUT2D eigenvalue weighted by molar-refractivity contribution is -0.130. The molecule has 184 valence electrons. The van der Waals surface area contributed by atoms with Crippen LogP contribution >= 0.6 is 0 Å². The second kappa shape index (κ2) is 11.2. The number of ether oxygens (including phenoxy) is 1. The van der Waals surface area contributed by atoms with E-state index in [1.807, 2.05) is 36.4 Å². The number of halogens is 1. The van der Waals surface area contributed by atoms with Gasteiger partial charge in [0.1, 0.15) is 17.3 Å². The molecule has 0 N–H and O–H groups in total. The minimum atomic E-state index is -0.278. The van der Waals surface area contributed by atoms with E-state index in [1.54, 1.807) is 29.0 Å². The van der Waals surface area contributed by atoms with Gasteiger partial charge >= 0.3 is 0 Å². The van der Waals surface area contributed by atoms with Crippen LogP contribution in [0.25, 0.3) is 0 Å². The summed E-state index contributed by atoms with van der Waals surface area (Å²) in [4.78, 5) is 30.0. The number of piperazine rings is 1. The van der Waals surface area contributed by atoms with E-state index in [-0.39, 0.29) is 23.4 Å². The lowest BCUT2D eigenvalue weighted by Gasteiger charge is -2.33. The zero-order chi connectivity index (χ0) is 24.8. The Morgan fingerprint density at radius 2 is 1.57 bits per heavy atom. The van der Waals surface area contributed by atoms with E-state index in [2.05, 4.69) is 4.90 Å². The van der Waals surface area contributed by atoms with Crippen molar-refractivity contribution < 1.29 is 23.1 Å². The molecule has 0 radical (unpaired) electrons. The van der Waals surface area contributed by atoms with Gasteiger partial charge in [0.15, 0.2) is 5.76 Å². The first-order valence-electron chi connectivity index (χ1n) is 11.6. The summed E-state index contributed by atoms with van der Waals surface area (Å²) in [5.74, 6) is 1.26. The quantitative estimate of drug-likeness (QED) is 0.490. The van der Waals surface area contributed by atoms with Gasteiger partial charge in [0.2, 0.25) is 5.91 Å². The number of hydrogen-bond acceptors (Lipinski definition) is 5. The molecule has 0 bridgehead atoms. The molecule has 1 aliphatic heterocycles. The van der Waals surface area contributed by atoms with Gasteiger partial charge in [-0.05, 0) is 47.5 Å². The summed E-state index contributed by atoms with van der Waals surface area (Å²) in [5, 5.41) is 0. The monoisotopic (exact) mass is 479 g/mol. The van der Waals surface area contributed by atoms with Gasteiger partial charge in [0.05, 0.1) is 13.7 Å². The summed E-state index contributed by atoms with van der Waals surface area (Å²) in [6, 6.07) is 17.8. The number of amides is 2. The standard InChI is InChI=1S/C27H30FN3O4/c1-20(32)30-11-13-31(14-12-30)27(33)26-10-9-25(35-26)19-29(17-21-5-3-7-23(28)15-21)18-22-6-4-8-24(16-22)34-2/h3-10,15-16H,11-14,17-19H2,1-2H3. The number of carbonyl (C=O) groups excluding carboxylic acids is 2. The second-order valence-electron chi connectivity index (χ2n) is 8.69. The molecule has 0 spiro atoms. The van der Waals surface area contributed by atoms with Crippen molar-refractivity contribution in [1.82, 2.24) is 14.7 Å². The molecule has 2 amide bonds. The summed E-state index contributed by atoms with van der Waals surface area (Å²) < 4.78 is 25.1. The van der Waals surface area contributed by atoms with Crippen molar-refractivity contribution in [3.8, 4) is 5.75 Å². The van der Waals surface area contributed by atoms with Crippen LogP contribution in [-0.4, -0.2) is 59.8 Å². The molecule has 2 aromatic carbocycles. The third-order valence-corrected chi connectivity index (χ3v) is 6.10. The second-order valence-corrected chi connectivity index (χ2v) is 8.69. The van der Waals surface area contributed by atoms with Crippen molar-refractivity contribution in [3.05, 3.63) is 89.1 Å². The number of furan rings is 1. The number of carbonyl (C=O) groups is 2. The highest BCUT2D eigenvalue weighted by atomic mass is 19.1. The van der Waals surface area contributed by atoms with Gasteiger partial charge < -0.3 is 19.0 Å². The van der Waals surface area contributed by atoms with Gasteiger partial charge in [-0.2, -0.15) is 0 Å². The van der Waals surface area contributed by atoms with Crippen molar-refractivity contribution in [2.45, 2.75) is 26.6 Å². The molecule has 8 heteroatoms. The predicted octanol–water partition coefficient (Wildman–Crippen LogP) is 3.93.